The van der Waals surface area contributed by atoms with Crippen molar-refractivity contribution in [3.05, 3.63) is 102 Å². The Labute approximate surface area is 228 Å². The summed E-state index contributed by atoms with van der Waals surface area (Å²) in [7, 11) is 0. The lowest BCUT2D eigenvalue weighted by Crippen LogP contribution is -2.32. The van der Waals surface area contributed by atoms with Gasteiger partial charge in [-0.3, -0.25) is 9.59 Å². The molecule has 4 aromatic rings. The summed E-state index contributed by atoms with van der Waals surface area (Å²) in [5.41, 5.74) is 4.43. The second-order valence-electron chi connectivity index (χ2n) is 10.5. The summed E-state index contributed by atoms with van der Waals surface area (Å²) in [6, 6.07) is 26.0. The lowest BCUT2D eigenvalue weighted by Gasteiger charge is -2.26. The Morgan fingerprint density at radius 1 is 0.816 bits per heavy atom. The van der Waals surface area contributed by atoms with E-state index in [0.717, 1.165) is 32.8 Å². The number of aliphatic carboxylic acids is 1. The quantitative estimate of drug-likeness (QED) is 0.219. The number of carboxylic acids is 1. The van der Waals surface area contributed by atoms with Crippen LogP contribution in [0.5, 0.6) is 0 Å². The Morgan fingerprint density at radius 2 is 1.37 bits per heavy atom. The molecule has 2 atom stereocenters. The number of hydrogen-bond donors (Lipinski definition) is 1. The molecule has 0 spiro atoms. The SMILES string of the molecule is CC(C)(C)OC(=O)[C@H](Cc1ccc(-c2nccs2)cc1)C[C@H](Cc1ccc(-c2ccccc2)cc1)C(=O)O. The van der Waals surface area contributed by atoms with E-state index in [1.807, 2.05) is 105 Å². The van der Waals surface area contributed by atoms with Crippen molar-refractivity contribution in [2.24, 2.45) is 11.8 Å². The van der Waals surface area contributed by atoms with Crippen LogP contribution in [-0.2, 0) is 27.2 Å². The Hall–Kier alpha value is -3.77. The van der Waals surface area contributed by atoms with Gasteiger partial charge in [0.05, 0.1) is 11.8 Å². The molecule has 0 unspecified atom stereocenters. The number of carboxylic acid groups (broad SMARTS) is 1. The van der Waals surface area contributed by atoms with Crippen LogP contribution in [-0.4, -0.2) is 27.6 Å². The molecule has 0 saturated carbocycles. The van der Waals surface area contributed by atoms with Crippen molar-refractivity contribution < 1.29 is 19.4 Å². The van der Waals surface area contributed by atoms with Gasteiger partial charge < -0.3 is 9.84 Å². The van der Waals surface area contributed by atoms with Crippen LogP contribution >= 0.6 is 11.3 Å². The molecular formula is C32H33NO4S. The summed E-state index contributed by atoms with van der Waals surface area (Å²) >= 11 is 1.57. The first-order chi connectivity index (χ1) is 18.2. The van der Waals surface area contributed by atoms with Crippen molar-refractivity contribution in [1.29, 1.82) is 0 Å². The van der Waals surface area contributed by atoms with Crippen molar-refractivity contribution in [3.8, 4) is 21.7 Å². The smallest absolute Gasteiger partial charge is 0.309 e. The minimum atomic E-state index is -0.912. The van der Waals surface area contributed by atoms with E-state index < -0.39 is 23.4 Å². The maximum atomic E-state index is 13.2. The summed E-state index contributed by atoms with van der Waals surface area (Å²) in [5, 5.41) is 12.9. The van der Waals surface area contributed by atoms with Gasteiger partial charge in [-0.2, -0.15) is 0 Å². The van der Waals surface area contributed by atoms with E-state index in [1.165, 1.54) is 0 Å². The molecular weight excluding hydrogens is 494 g/mol. The van der Waals surface area contributed by atoms with E-state index in [0.29, 0.717) is 12.8 Å². The first-order valence-corrected chi connectivity index (χ1v) is 13.6. The van der Waals surface area contributed by atoms with E-state index in [2.05, 4.69) is 4.98 Å². The second kappa shape index (κ2) is 12.2. The number of carbonyl (C=O) groups excluding carboxylic acids is 1. The number of nitrogens with zero attached hydrogens (tertiary/aromatic N) is 1. The molecule has 0 radical (unpaired) electrons. The zero-order valence-corrected chi connectivity index (χ0v) is 22.8. The molecule has 0 fully saturated rings. The Bertz CT molecular complexity index is 1330. The third kappa shape index (κ3) is 7.62. The number of esters is 1. The molecule has 4 rings (SSSR count). The Balaban J connectivity index is 1.50. The monoisotopic (exact) mass is 527 g/mol. The van der Waals surface area contributed by atoms with Crippen LogP contribution < -0.4 is 0 Å². The van der Waals surface area contributed by atoms with Crippen LogP contribution in [0, 0.1) is 11.8 Å². The maximum Gasteiger partial charge on any atom is 0.309 e. The third-order valence-electron chi connectivity index (χ3n) is 6.32. The van der Waals surface area contributed by atoms with E-state index in [9.17, 15) is 14.7 Å². The van der Waals surface area contributed by atoms with Crippen LogP contribution in [0.3, 0.4) is 0 Å². The average Bonchev–Trinajstić information content (AvgIpc) is 3.43. The fourth-order valence-electron chi connectivity index (χ4n) is 4.45. The van der Waals surface area contributed by atoms with Crippen molar-refractivity contribution in [3.63, 3.8) is 0 Å². The fourth-order valence-corrected chi connectivity index (χ4v) is 5.09. The summed E-state index contributed by atoms with van der Waals surface area (Å²) in [4.78, 5) is 29.9. The highest BCUT2D eigenvalue weighted by molar-refractivity contribution is 7.13. The lowest BCUT2D eigenvalue weighted by atomic mass is 9.85. The van der Waals surface area contributed by atoms with E-state index in [4.69, 9.17) is 4.74 Å². The molecule has 5 nitrogen and oxygen atoms in total. The van der Waals surface area contributed by atoms with Crippen molar-refractivity contribution in [2.75, 3.05) is 0 Å². The van der Waals surface area contributed by atoms with Crippen LogP contribution in [0.1, 0.15) is 38.3 Å². The first kappa shape index (κ1) is 27.3. The standard InChI is InChI=1S/C32H33NO4S/c1-32(2,3)37-31(36)28(20-23-11-15-26(16-12-23)29-33-17-18-38-29)21-27(30(34)35)19-22-9-13-25(14-10-22)24-7-5-4-6-8-24/h4-18,27-28H,19-21H2,1-3H3,(H,34,35)/t27-,28+/m0/s1. The van der Waals surface area contributed by atoms with Crippen LogP contribution in [0.15, 0.2) is 90.4 Å². The predicted octanol–water partition coefficient (Wildman–Crippen LogP) is 7.31. The highest BCUT2D eigenvalue weighted by Crippen LogP contribution is 2.28. The van der Waals surface area contributed by atoms with E-state index in [1.54, 1.807) is 17.5 Å². The van der Waals surface area contributed by atoms with Crippen molar-refractivity contribution >= 4 is 23.3 Å². The summed E-state index contributed by atoms with van der Waals surface area (Å²) in [5.74, 6) is -2.58. The van der Waals surface area contributed by atoms with Crippen LogP contribution in [0.2, 0.25) is 0 Å². The molecule has 3 aromatic carbocycles. The summed E-state index contributed by atoms with van der Waals surface area (Å²) < 4.78 is 5.71. The van der Waals surface area contributed by atoms with Gasteiger partial charge in [-0.15, -0.1) is 11.3 Å². The van der Waals surface area contributed by atoms with Gasteiger partial charge in [-0.05, 0) is 62.3 Å². The maximum absolute atomic E-state index is 13.2. The normalized spacial score (nSPS) is 13.0. The third-order valence-corrected chi connectivity index (χ3v) is 7.14. The van der Waals surface area contributed by atoms with Crippen molar-refractivity contribution in [1.82, 2.24) is 4.98 Å². The minimum absolute atomic E-state index is 0.193. The highest BCUT2D eigenvalue weighted by Gasteiger charge is 2.31. The van der Waals surface area contributed by atoms with Gasteiger partial charge in [0, 0.05) is 17.1 Å². The zero-order chi connectivity index (χ0) is 27.1. The number of ether oxygens (including phenoxy) is 1. The second-order valence-corrected chi connectivity index (χ2v) is 11.4. The number of hydrogen-bond acceptors (Lipinski definition) is 5. The summed E-state index contributed by atoms with van der Waals surface area (Å²) in [6.45, 7) is 5.48. The van der Waals surface area contributed by atoms with Gasteiger partial charge in [0.2, 0.25) is 0 Å². The lowest BCUT2D eigenvalue weighted by molar-refractivity contribution is -0.161. The summed E-state index contributed by atoms with van der Waals surface area (Å²) in [6.07, 6.45) is 2.71. The van der Waals surface area contributed by atoms with Gasteiger partial charge in [0.15, 0.2) is 0 Å². The van der Waals surface area contributed by atoms with Gasteiger partial charge >= 0.3 is 11.9 Å². The molecule has 38 heavy (non-hydrogen) atoms. The van der Waals surface area contributed by atoms with Gasteiger partial charge in [-0.25, -0.2) is 4.98 Å². The van der Waals surface area contributed by atoms with E-state index >= 15 is 0 Å². The van der Waals surface area contributed by atoms with Gasteiger partial charge in [-0.1, -0.05) is 78.9 Å². The molecule has 0 aliphatic carbocycles. The number of carbonyl (C=O) groups is 2. The average molecular weight is 528 g/mol. The molecule has 0 aliphatic heterocycles. The van der Waals surface area contributed by atoms with Gasteiger partial charge in [0.1, 0.15) is 10.6 Å². The minimum Gasteiger partial charge on any atom is -0.481 e. The largest absolute Gasteiger partial charge is 0.481 e. The Morgan fingerprint density at radius 3 is 1.89 bits per heavy atom. The molecule has 1 aromatic heterocycles. The number of benzene rings is 3. The van der Waals surface area contributed by atoms with Gasteiger partial charge in [0.25, 0.3) is 0 Å². The molecule has 1 N–H and O–H groups in total. The number of aromatic nitrogens is 1. The molecule has 1 heterocycles. The first-order valence-electron chi connectivity index (χ1n) is 12.8. The molecule has 0 bridgehead atoms. The Kier molecular flexibility index (Phi) is 8.74. The molecule has 0 saturated heterocycles. The predicted molar refractivity (Wildman–Crippen MR) is 152 cm³/mol. The van der Waals surface area contributed by atoms with Crippen molar-refractivity contribution in [2.45, 2.75) is 45.6 Å². The molecule has 6 heteroatoms. The topological polar surface area (TPSA) is 76.5 Å². The van der Waals surface area contributed by atoms with Crippen LogP contribution in [0.4, 0.5) is 0 Å². The highest BCUT2D eigenvalue weighted by atomic mass is 32.1. The fraction of sp³-hybridized carbons (Fsp3) is 0.281. The number of rotatable bonds is 10. The molecule has 0 aliphatic rings. The van der Waals surface area contributed by atoms with Crippen LogP contribution in [0.25, 0.3) is 21.7 Å². The van der Waals surface area contributed by atoms with E-state index in [-0.39, 0.29) is 12.4 Å². The molecule has 0 amide bonds. The molecule has 196 valence electrons. The zero-order valence-electron chi connectivity index (χ0n) is 22.0. The number of thiazole rings is 1.